The number of ether oxygens (including phenoxy) is 1. The third kappa shape index (κ3) is 5.72. The molecule has 1 aromatic heterocycles. The SMILES string of the molecule is CCOC(=O)C(CCC(C)C)n1cc(CC=O)c(C(F)(F)F)cc1=O. The van der Waals surface area contributed by atoms with Crippen molar-refractivity contribution in [2.24, 2.45) is 5.92 Å². The Morgan fingerprint density at radius 3 is 2.44 bits per heavy atom. The van der Waals surface area contributed by atoms with Crippen LogP contribution < -0.4 is 5.56 Å². The van der Waals surface area contributed by atoms with Crippen LogP contribution in [0.2, 0.25) is 0 Å². The van der Waals surface area contributed by atoms with Gasteiger partial charge in [-0.3, -0.25) is 4.79 Å². The van der Waals surface area contributed by atoms with Crippen LogP contribution in [0, 0.1) is 5.92 Å². The topological polar surface area (TPSA) is 65.4 Å². The number of carbonyl (C=O) groups excluding carboxylic acids is 2. The molecule has 0 saturated carbocycles. The van der Waals surface area contributed by atoms with E-state index in [2.05, 4.69) is 0 Å². The fourth-order valence-electron chi connectivity index (χ4n) is 2.45. The molecule has 0 aliphatic carbocycles. The Hall–Kier alpha value is -2.12. The van der Waals surface area contributed by atoms with E-state index >= 15 is 0 Å². The molecule has 0 aromatic carbocycles. The molecule has 1 atom stereocenters. The van der Waals surface area contributed by atoms with Gasteiger partial charge in [-0.2, -0.15) is 13.2 Å². The Balaban J connectivity index is 3.42. The van der Waals surface area contributed by atoms with Crippen molar-refractivity contribution >= 4 is 12.3 Å². The number of rotatable bonds is 8. The second-order valence-corrected chi connectivity index (χ2v) is 6.07. The quantitative estimate of drug-likeness (QED) is 0.527. The summed E-state index contributed by atoms with van der Waals surface area (Å²) in [5.74, 6) is -0.446. The van der Waals surface area contributed by atoms with Gasteiger partial charge in [0.1, 0.15) is 12.3 Å². The van der Waals surface area contributed by atoms with E-state index in [9.17, 15) is 27.6 Å². The first kappa shape index (κ1) is 20.9. The fraction of sp³-hybridized carbons (Fsp3) is 0.588. The van der Waals surface area contributed by atoms with Gasteiger partial charge >= 0.3 is 12.1 Å². The van der Waals surface area contributed by atoms with Crippen LogP contribution >= 0.6 is 0 Å². The predicted octanol–water partition coefficient (Wildman–Crippen LogP) is 3.15. The summed E-state index contributed by atoms with van der Waals surface area (Å²) in [7, 11) is 0. The number of aromatic nitrogens is 1. The van der Waals surface area contributed by atoms with Crippen LogP contribution in [-0.2, 0) is 26.9 Å². The predicted molar refractivity (Wildman–Crippen MR) is 85.2 cm³/mol. The summed E-state index contributed by atoms with van der Waals surface area (Å²) >= 11 is 0. The van der Waals surface area contributed by atoms with Gasteiger partial charge in [-0.05, 0) is 31.2 Å². The number of aldehydes is 1. The van der Waals surface area contributed by atoms with Crippen LogP contribution in [0.25, 0.3) is 0 Å². The summed E-state index contributed by atoms with van der Waals surface area (Å²) < 4.78 is 45.1. The van der Waals surface area contributed by atoms with Crippen LogP contribution in [0.5, 0.6) is 0 Å². The highest BCUT2D eigenvalue weighted by molar-refractivity contribution is 5.74. The Bertz CT molecular complexity index is 665. The van der Waals surface area contributed by atoms with Gasteiger partial charge in [0.25, 0.3) is 5.56 Å². The molecular formula is C17H22F3NO4. The molecule has 1 rings (SSSR count). The summed E-state index contributed by atoms with van der Waals surface area (Å²) in [6.07, 6.45) is -3.15. The molecule has 0 bridgehead atoms. The molecule has 8 heteroatoms. The van der Waals surface area contributed by atoms with E-state index in [0.29, 0.717) is 18.8 Å². The molecule has 140 valence electrons. The van der Waals surface area contributed by atoms with E-state index in [-0.39, 0.29) is 24.5 Å². The summed E-state index contributed by atoms with van der Waals surface area (Å²) in [5, 5.41) is 0. The van der Waals surface area contributed by atoms with Gasteiger partial charge in [0.15, 0.2) is 0 Å². The second-order valence-electron chi connectivity index (χ2n) is 6.07. The lowest BCUT2D eigenvalue weighted by Gasteiger charge is -2.21. The maximum absolute atomic E-state index is 13.1. The average molecular weight is 361 g/mol. The maximum Gasteiger partial charge on any atom is 0.416 e. The Morgan fingerprint density at radius 1 is 1.32 bits per heavy atom. The van der Waals surface area contributed by atoms with Crippen molar-refractivity contribution < 1.29 is 27.5 Å². The molecule has 0 amide bonds. The summed E-state index contributed by atoms with van der Waals surface area (Å²) in [6.45, 7) is 5.55. The number of halogens is 3. The Labute approximate surface area is 143 Å². The summed E-state index contributed by atoms with van der Waals surface area (Å²) in [5.41, 5.74) is -2.46. The highest BCUT2D eigenvalue weighted by Gasteiger charge is 2.35. The number of pyridine rings is 1. The van der Waals surface area contributed by atoms with Crippen LogP contribution in [0.4, 0.5) is 13.2 Å². The summed E-state index contributed by atoms with van der Waals surface area (Å²) in [6, 6.07) is -0.594. The Kier molecular flexibility index (Phi) is 7.38. The van der Waals surface area contributed by atoms with Gasteiger partial charge < -0.3 is 14.1 Å². The zero-order chi connectivity index (χ0) is 19.2. The first-order chi connectivity index (χ1) is 11.6. The fourth-order valence-corrected chi connectivity index (χ4v) is 2.45. The lowest BCUT2D eigenvalue weighted by Crippen LogP contribution is -2.33. The molecule has 0 saturated heterocycles. The van der Waals surface area contributed by atoms with Crippen molar-refractivity contribution in [3.8, 4) is 0 Å². The highest BCUT2D eigenvalue weighted by Crippen LogP contribution is 2.31. The second kappa shape index (κ2) is 8.82. The monoisotopic (exact) mass is 361 g/mol. The van der Waals surface area contributed by atoms with Gasteiger partial charge in [0.05, 0.1) is 12.2 Å². The van der Waals surface area contributed by atoms with Crippen molar-refractivity contribution in [1.29, 1.82) is 0 Å². The number of carbonyl (C=O) groups is 2. The van der Waals surface area contributed by atoms with Crippen LogP contribution in [-0.4, -0.2) is 23.4 Å². The van der Waals surface area contributed by atoms with Crippen molar-refractivity contribution in [1.82, 2.24) is 4.57 Å². The van der Waals surface area contributed by atoms with Crippen LogP contribution in [0.15, 0.2) is 17.1 Å². The van der Waals surface area contributed by atoms with Crippen molar-refractivity contribution in [3.63, 3.8) is 0 Å². The van der Waals surface area contributed by atoms with Crippen molar-refractivity contribution in [3.05, 3.63) is 33.7 Å². The maximum atomic E-state index is 13.1. The minimum atomic E-state index is -4.76. The lowest BCUT2D eigenvalue weighted by molar-refractivity contribution is -0.147. The smallest absolute Gasteiger partial charge is 0.416 e. The van der Waals surface area contributed by atoms with E-state index in [1.165, 1.54) is 0 Å². The van der Waals surface area contributed by atoms with Gasteiger partial charge in [-0.25, -0.2) is 4.79 Å². The zero-order valence-corrected chi connectivity index (χ0v) is 14.4. The molecule has 1 unspecified atom stereocenters. The number of esters is 1. The molecule has 0 radical (unpaired) electrons. The first-order valence-corrected chi connectivity index (χ1v) is 8.04. The lowest BCUT2D eigenvalue weighted by atomic mass is 10.0. The van der Waals surface area contributed by atoms with Crippen LogP contribution in [0.1, 0.15) is 50.8 Å². The standard InChI is InChI=1S/C17H22F3NO4/c1-4-25-16(24)14(6-5-11(2)3)21-10-12(7-8-22)13(9-15(21)23)17(18,19)20/h8-11,14H,4-7H2,1-3H3. The minimum Gasteiger partial charge on any atom is -0.464 e. The zero-order valence-electron chi connectivity index (χ0n) is 14.4. The van der Waals surface area contributed by atoms with E-state index in [1.807, 2.05) is 13.8 Å². The molecule has 1 aromatic rings. The van der Waals surface area contributed by atoms with E-state index < -0.39 is 35.7 Å². The number of hydrogen-bond donors (Lipinski definition) is 0. The van der Waals surface area contributed by atoms with Crippen molar-refractivity contribution in [2.45, 2.75) is 52.3 Å². The van der Waals surface area contributed by atoms with E-state index in [0.717, 1.165) is 10.8 Å². The highest BCUT2D eigenvalue weighted by atomic mass is 19.4. The molecule has 0 N–H and O–H groups in total. The molecule has 0 fully saturated rings. The summed E-state index contributed by atoms with van der Waals surface area (Å²) in [4.78, 5) is 35.1. The minimum absolute atomic E-state index is 0.0909. The largest absolute Gasteiger partial charge is 0.464 e. The molecular weight excluding hydrogens is 339 g/mol. The normalized spacial score (nSPS) is 12.9. The third-order valence-electron chi connectivity index (χ3n) is 3.68. The van der Waals surface area contributed by atoms with Gasteiger partial charge in [0.2, 0.25) is 0 Å². The van der Waals surface area contributed by atoms with Crippen LogP contribution in [0.3, 0.4) is 0 Å². The molecule has 5 nitrogen and oxygen atoms in total. The number of alkyl halides is 3. The van der Waals surface area contributed by atoms with E-state index in [4.69, 9.17) is 4.74 Å². The van der Waals surface area contributed by atoms with Gasteiger partial charge in [-0.1, -0.05) is 13.8 Å². The van der Waals surface area contributed by atoms with Gasteiger partial charge in [0, 0.05) is 18.7 Å². The van der Waals surface area contributed by atoms with Gasteiger partial charge in [-0.15, -0.1) is 0 Å². The Morgan fingerprint density at radius 2 is 1.96 bits per heavy atom. The third-order valence-corrected chi connectivity index (χ3v) is 3.68. The number of hydrogen-bond acceptors (Lipinski definition) is 4. The molecule has 0 aliphatic rings. The molecule has 0 aliphatic heterocycles. The van der Waals surface area contributed by atoms with Crippen molar-refractivity contribution in [2.75, 3.05) is 6.61 Å². The molecule has 0 spiro atoms. The first-order valence-electron chi connectivity index (χ1n) is 8.04. The average Bonchev–Trinajstić information content (AvgIpc) is 2.49. The molecule has 1 heterocycles. The van der Waals surface area contributed by atoms with E-state index in [1.54, 1.807) is 6.92 Å². The number of nitrogens with zero attached hydrogens (tertiary/aromatic N) is 1. The molecule has 25 heavy (non-hydrogen) atoms.